The van der Waals surface area contributed by atoms with Crippen molar-refractivity contribution in [1.82, 2.24) is 4.98 Å². The summed E-state index contributed by atoms with van der Waals surface area (Å²) >= 11 is 0. The highest BCUT2D eigenvalue weighted by atomic mass is 19.4. The van der Waals surface area contributed by atoms with E-state index in [1.54, 1.807) is 0 Å². The van der Waals surface area contributed by atoms with Crippen LogP contribution in [0.3, 0.4) is 0 Å². The van der Waals surface area contributed by atoms with Gasteiger partial charge in [0.05, 0.1) is 0 Å². The second-order valence-corrected chi connectivity index (χ2v) is 6.75. The summed E-state index contributed by atoms with van der Waals surface area (Å²) in [5.41, 5.74) is -0.198. The topological polar surface area (TPSA) is 77.5 Å². The van der Waals surface area contributed by atoms with Gasteiger partial charge in [-0.3, -0.25) is 14.6 Å². The van der Waals surface area contributed by atoms with Crippen LogP contribution in [0.4, 0.5) is 27.6 Å². The van der Waals surface area contributed by atoms with Crippen LogP contribution in [0.25, 0.3) is 0 Å². The summed E-state index contributed by atoms with van der Waals surface area (Å²) in [6, 6.07) is 7.48. The van der Waals surface area contributed by atoms with Crippen LogP contribution in [0.1, 0.15) is 33.3 Å². The predicted octanol–water partition coefficient (Wildman–Crippen LogP) is 5.81. The molecule has 0 spiro atoms. The number of nitrogens with one attached hydrogen (secondary N) is 1. The molecule has 172 valence electrons. The maximum absolute atomic E-state index is 14.8. The Morgan fingerprint density at radius 1 is 1.00 bits per heavy atom. The number of rotatable bonds is 6. The number of benzene rings is 2. The third-order valence-corrected chi connectivity index (χ3v) is 4.26. The third kappa shape index (κ3) is 5.82. The summed E-state index contributed by atoms with van der Waals surface area (Å²) in [6.07, 6.45) is -3.81. The Morgan fingerprint density at radius 2 is 1.70 bits per heavy atom. The highest BCUT2D eigenvalue weighted by molar-refractivity contribution is 6.07. The zero-order valence-electron chi connectivity index (χ0n) is 17.1. The molecule has 1 heterocycles. The Bertz CT molecular complexity index is 1230. The molecule has 0 unspecified atom stereocenters. The average Bonchev–Trinajstić information content (AvgIpc) is 2.72. The first-order valence-corrected chi connectivity index (χ1v) is 9.25. The first kappa shape index (κ1) is 23.6. The van der Waals surface area contributed by atoms with E-state index in [1.165, 1.54) is 44.3 Å². The molecular weight excluding hydrogens is 451 g/mol. The van der Waals surface area contributed by atoms with Gasteiger partial charge in [0.1, 0.15) is 28.6 Å². The molecule has 3 aromatic rings. The molecule has 0 saturated carbocycles. The number of Topliss-reactive ketones (excluding diaryl/α,β-unsaturated/α-hetero) is 1. The molecule has 1 amide bonds. The van der Waals surface area contributed by atoms with Crippen LogP contribution in [0.15, 0.2) is 48.7 Å². The van der Waals surface area contributed by atoms with Crippen LogP contribution in [0, 0.1) is 18.6 Å². The quantitative estimate of drug-likeness (QED) is 0.366. The van der Waals surface area contributed by atoms with E-state index in [0.717, 1.165) is 6.07 Å². The van der Waals surface area contributed by atoms with Crippen molar-refractivity contribution in [3.05, 3.63) is 77.1 Å². The van der Waals surface area contributed by atoms with E-state index in [1.807, 2.05) is 0 Å². The largest absolute Gasteiger partial charge is 0.573 e. The molecule has 0 aliphatic carbocycles. The number of carbonyl (C=O) groups is 2. The number of carbonyl (C=O) groups excluding carboxylic acids is 2. The molecule has 0 atom stereocenters. The van der Waals surface area contributed by atoms with Gasteiger partial charge in [-0.2, -0.15) is 0 Å². The van der Waals surface area contributed by atoms with Crippen molar-refractivity contribution in [2.24, 2.45) is 0 Å². The van der Waals surface area contributed by atoms with Crippen molar-refractivity contribution >= 4 is 17.4 Å². The van der Waals surface area contributed by atoms with Crippen molar-refractivity contribution in [3.63, 3.8) is 0 Å². The number of ketones is 1. The van der Waals surface area contributed by atoms with Crippen LogP contribution in [0.2, 0.25) is 0 Å². The summed E-state index contributed by atoms with van der Waals surface area (Å²) in [6.45, 7) is 2.68. The summed E-state index contributed by atoms with van der Waals surface area (Å²) in [5, 5.41) is 2.42. The highest BCUT2D eigenvalue weighted by Gasteiger charge is 2.32. The van der Waals surface area contributed by atoms with E-state index in [0.29, 0.717) is 12.1 Å². The summed E-state index contributed by atoms with van der Waals surface area (Å²) in [4.78, 5) is 28.1. The Kier molecular flexibility index (Phi) is 6.61. The van der Waals surface area contributed by atoms with E-state index >= 15 is 0 Å². The van der Waals surface area contributed by atoms with Gasteiger partial charge in [-0.05, 0) is 42.8 Å². The Balaban J connectivity index is 1.91. The van der Waals surface area contributed by atoms with Gasteiger partial charge in [0.25, 0.3) is 5.91 Å². The summed E-state index contributed by atoms with van der Waals surface area (Å²) in [7, 11) is 0. The molecule has 0 radical (unpaired) electrons. The molecule has 0 aliphatic rings. The van der Waals surface area contributed by atoms with E-state index in [4.69, 9.17) is 4.74 Å². The fourth-order valence-corrected chi connectivity index (χ4v) is 2.73. The monoisotopic (exact) mass is 466 g/mol. The lowest BCUT2D eigenvalue weighted by atomic mass is 10.1. The summed E-state index contributed by atoms with van der Waals surface area (Å²) in [5.74, 6) is -5.30. The third-order valence-electron chi connectivity index (χ3n) is 4.26. The molecule has 0 saturated heterocycles. The van der Waals surface area contributed by atoms with E-state index in [-0.39, 0.29) is 34.2 Å². The minimum Gasteiger partial charge on any atom is -0.456 e. The van der Waals surface area contributed by atoms with Gasteiger partial charge in [-0.25, -0.2) is 8.78 Å². The van der Waals surface area contributed by atoms with Gasteiger partial charge >= 0.3 is 6.36 Å². The van der Waals surface area contributed by atoms with Crippen LogP contribution in [0.5, 0.6) is 17.2 Å². The summed E-state index contributed by atoms with van der Waals surface area (Å²) < 4.78 is 74.7. The molecular formula is C22H15F5N2O4. The zero-order valence-corrected chi connectivity index (χ0v) is 17.1. The number of hydrogen-bond acceptors (Lipinski definition) is 5. The van der Waals surface area contributed by atoms with Crippen molar-refractivity contribution < 1.29 is 41.0 Å². The molecule has 33 heavy (non-hydrogen) atoms. The van der Waals surface area contributed by atoms with Crippen LogP contribution >= 0.6 is 0 Å². The molecule has 11 heteroatoms. The molecule has 0 aliphatic heterocycles. The first-order chi connectivity index (χ1) is 15.4. The highest BCUT2D eigenvalue weighted by Crippen LogP contribution is 2.33. The smallest absolute Gasteiger partial charge is 0.456 e. The molecule has 0 bridgehead atoms. The van der Waals surface area contributed by atoms with Crippen LogP contribution in [-0.2, 0) is 0 Å². The molecule has 6 nitrogen and oxygen atoms in total. The average molecular weight is 466 g/mol. The lowest BCUT2D eigenvalue weighted by molar-refractivity contribution is -0.275. The maximum Gasteiger partial charge on any atom is 0.573 e. The number of pyridine rings is 1. The lowest BCUT2D eigenvalue weighted by Crippen LogP contribution is -2.18. The maximum atomic E-state index is 14.8. The first-order valence-electron chi connectivity index (χ1n) is 9.25. The predicted molar refractivity (Wildman–Crippen MR) is 106 cm³/mol. The SMILES string of the molecule is CC(=O)c1cc(NC(=O)c2c(Oc3ccc(OC(F)(F)F)c(F)c3)ccc(C)c2F)ccn1. The molecule has 3 rings (SSSR count). The van der Waals surface area contributed by atoms with Gasteiger partial charge in [0, 0.05) is 24.9 Å². The number of halogens is 5. The lowest BCUT2D eigenvalue weighted by Gasteiger charge is -2.15. The zero-order chi connectivity index (χ0) is 24.3. The Hall–Kier alpha value is -4.02. The van der Waals surface area contributed by atoms with Crippen LogP contribution in [-0.4, -0.2) is 23.0 Å². The number of alkyl halides is 3. The fourth-order valence-electron chi connectivity index (χ4n) is 2.73. The molecule has 0 fully saturated rings. The van der Waals surface area contributed by atoms with E-state index < -0.39 is 35.2 Å². The number of aromatic nitrogens is 1. The molecule has 1 N–H and O–H groups in total. The Morgan fingerprint density at radius 3 is 2.33 bits per heavy atom. The second-order valence-electron chi connectivity index (χ2n) is 6.75. The Labute approximate surface area is 184 Å². The normalized spacial score (nSPS) is 11.1. The number of aryl methyl sites for hydroxylation is 1. The number of amides is 1. The van der Waals surface area contributed by atoms with Gasteiger partial charge in [0.15, 0.2) is 17.3 Å². The second kappa shape index (κ2) is 9.23. The number of nitrogens with zero attached hydrogens (tertiary/aromatic N) is 1. The van der Waals surface area contributed by atoms with E-state index in [2.05, 4.69) is 15.0 Å². The van der Waals surface area contributed by atoms with Crippen molar-refractivity contribution in [2.45, 2.75) is 20.2 Å². The minimum absolute atomic E-state index is 0.0747. The van der Waals surface area contributed by atoms with Crippen LogP contribution < -0.4 is 14.8 Å². The molecule has 1 aromatic heterocycles. The van der Waals surface area contributed by atoms with Gasteiger partial charge in [-0.15, -0.1) is 13.2 Å². The van der Waals surface area contributed by atoms with Gasteiger partial charge in [-0.1, -0.05) is 6.07 Å². The van der Waals surface area contributed by atoms with Crippen molar-refractivity contribution in [2.75, 3.05) is 5.32 Å². The van der Waals surface area contributed by atoms with E-state index in [9.17, 15) is 31.5 Å². The fraction of sp³-hybridized carbons (Fsp3) is 0.136. The number of anilines is 1. The number of ether oxygens (including phenoxy) is 2. The van der Waals surface area contributed by atoms with Crippen molar-refractivity contribution in [1.29, 1.82) is 0 Å². The van der Waals surface area contributed by atoms with Gasteiger partial charge < -0.3 is 14.8 Å². The standard InChI is InChI=1S/C22H15F5N2O4/c1-11-3-5-18(32-14-4-6-17(15(23)10-14)33-22(25,26)27)19(20(11)24)21(31)29-13-7-8-28-16(9-13)12(2)30/h3-10H,1-2H3,(H,28,29,31). The van der Waals surface area contributed by atoms with Gasteiger partial charge in [0.2, 0.25) is 0 Å². The van der Waals surface area contributed by atoms with Crippen molar-refractivity contribution in [3.8, 4) is 17.2 Å². The minimum atomic E-state index is -5.09. The molecule has 2 aromatic carbocycles. The number of hydrogen-bond donors (Lipinski definition) is 1.